The number of nitrogens with zero attached hydrogens (tertiary/aromatic N) is 1. The summed E-state index contributed by atoms with van der Waals surface area (Å²) in [4.78, 5) is 14.7. The van der Waals surface area contributed by atoms with Crippen LogP contribution in [0.4, 0.5) is 4.79 Å². The van der Waals surface area contributed by atoms with E-state index >= 15 is 0 Å². The number of benzene rings is 2. The lowest BCUT2D eigenvalue weighted by molar-refractivity contribution is 0.0210. The Bertz CT molecular complexity index is 1060. The third-order valence-corrected chi connectivity index (χ3v) is 6.98. The Hall–Kier alpha value is -2.38. The maximum absolute atomic E-state index is 13.0. The van der Waals surface area contributed by atoms with E-state index in [1.807, 2.05) is 45.0 Å². The van der Waals surface area contributed by atoms with Gasteiger partial charge < -0.3 is 4.74 Å². The molecule has 2 fully saturated rings. The molecule has 2 unspecified atom stereocenters. The van der Waals surface area contributed by atoms with Crippen molar-refractivity contribution in [2.45, 2.75) is 69.5 Å². The highest BCUT2D eigenvalue weighted by Gasteiger charge is 2.42. The van der Waals surface area contributed by atoms with Crippen molar-refractivity contribution in [1.29, 1.82) is 0 Å². The second kappa shape index (κ2) is 8.87. The van der Waals surface area contributed by atoms with Crippen molar-refractivity contribution in [3.05, 3.63) is 71.3 Å². The fraction of sp³-hybridized carbons (Fsp3) is 0.480. The minimum absolute atomic E-state index is 0.173. The lowest BCUT2D eigenvalue weighted by Gasteiger charge is -2.29. The lowest BCUT2D eigenvalue weighted by atomic mass is 9.95. The molecule has 2 aromatic rings. The Kier molecular flexibility index (Phi) is 6.32. The number of hydrogen-bond donors (Lipinski definition) is 0. The molecule has 6 nitrogen and oxygen atoms in total. The van der Waals surface area contributed by atoms with Gasteiger partial charge in [0.05, 0.1) is 18.7 Å². The van der Waals surface area contributed by atoms with E-state index in [2.05, 4.69) is 6.07 Å². The number of ether oxygens (including phenoxy) is 1. The van der Waals surface area contributed by atoms with E-state index in [4.69, 9.17) is 8.92 Å². The Morgan fingerprint density at radius 2 is 1.62 bits per heavy atom. The molecule has 0 radical (unpaired) electrons. The van der Waals surface area contributed by atoms with Gasteiger partial charge in [-0.2, -0.15) is 8.42 Å². The van der Waals surface area contributed by atoms with Crippen LogP contribution in [0.2, 0.25) is 0 Å². The molecule has 1 amide bonds. The molecular formula is C25H31NO5S. The van der Waals surface area contributed by atoms with Crippen molar-refractivity contribution in [2.75, 3.05) is 6.54 Å². The van der Waals surface area contributed by atoms with Crippen LogP contribution >= 0.6 is 0 Å². The van der Waals surface area contributed by atoms with Crippen molar-refractivity contribution in [1.82, 2.24) is 4.90 Å². The van der Waals surface area contributed by atoms with Crippen LogP contribution in [0.5, 0.6) is 0 Å². The predicted molar refractivity (Wildman–Crippen MR) is 123 cm³/mol. The van der Waals surface area contributed by atoms with Gasteiger partial charge in [-0.3, -0.25) is 9.08 Å². The lowest BCUT2D eigenvalue weighted by Crippen LogP contribution is -2.37. The van der Waals surface area contributed by atoms with Gasteiger partial charge in [-0.05, 0) is 56.2 Å². The van der Waals surface area contributed by atoms with Gasteiger partial charge in [0.15, 0.2) is 0 Å². The summed E-state index contributed by atoms with van der Waals surface area (Å²) in [6, 6.07) is 16.8. The molecule has 0 N–H and O–H groups in total. The molecule has 4 rings (SSSR count). The number of likely N-dealkylation sites (tertiary alicyclic amines) is 1. The highest BCUT2D eigenvalue weighted by atomic mass is 32.2. The molecular weight excluding hydrogens is 426 g/mol. The van der Waals surface area contributed by atoms with Gasteiger partial charge in [0.1, 0.15) is 11.4 Å². The van der Waals surface area contributed by atoms with Crippen LogP contribution < -0.4 is 0 Å². The summed E-state index contributed by atoms with van der Waals surface area (Å²) in [5.41, 5.74) is 2.33. The normalized spacial score (nSPS) is 21.5. The second-order valence-electron chi connectivity index (χ2n) is 9.69. The fourth-order valence-electron chi connectivity index (χ4n) is 4.28. The van der Waals surface area contributed by atoms with Gasteiger partial charge in [-0.25, -0.2) is 4.79 Å². The Morgan fingerprint density at radius 3 is 2.25 bits per heavy atom. The van der Waals surface area contributed by atoms with Gasteiger partial charge in [-0.1, -0.05) is 54.6 Å². The molecule has 2 atom stereocenters. The SMILES string of the molecule is CC(C)(C)OC(=O)N1CC(OS(=O)(=O)Cc2ccccc2)CC1c1ccccc1C1CC1. The molecule has 32 heavy (non-hydrogen) atoms. The summed E-state index contributed by atoms with van der Waals surface area (Å²) < 4.78 is 36.7. The minimum Gasteiger partial charge on any atom is -0.444 e. The van der Waals surface area contributed by atoms with Crippen LogP contribution in [0.15, 0.2) is 54.6 Å². The minimum atomic E-state index is -3.80. The van der Waals surface area contributed by atoms with Gasteiger partial charge in [0.25, 0.3) is 10.1 Å². The topological polar surface area (TPSA) is 72.9 Å². The highest BCUT2D eigenvalue weighted by molar-refractivity contribution is 7.85. The summed E-state index contributed by atoms with van der Waals surface area (Å²) in [5, 5.41) is 0. The molecule has 1 saturated carbocycles. The van der Waals surface area contributed by atoms with E-state index in [0.29, 0.717) is 17.9 Å². The van der Waals surface area contributed by atoms with Crippen LogP contribution in [0.25, 0.3) is 0 Å². The average Bonchev–Trinajstić information content (AvgIpc) is 3.47. The van der Waals surface area contributed by atoms with E-state index in [9.17, 15) is 13.2 Å². The van der Waals surface area contributed by atoms with Crippen LogP contribution in [0, 0.1) is 0 Å². The quantitative estimate of drug-likeness (QED) is 0.560. The van der Waals surface area contributed by atoms with Gasteiger partial charge >= 0.3 is 6.09 Å². The third-order valence-electron chi connectivity index (χ3n) is 5.73. The first-order chi connectivity index (χ1) is 15.1. The van der Waals surface area contributed by atoms with Crippen LogP contribution in [0.1, 0.15) is 68.7 Å². The average molecular weight is 458 g/mol. The van der Waals surface area contributed by atoms with Crippen molar-refractivity contribution in [3.8, 4) is 0 Å². The van der Waals surface area contributed by atoms with Crippen molar-refractivity contribution in [2.24, 2.45) is 0 Å². The van der Waals surface area contributed by atoms with Crippen LogP contribution in [-0.2, 0) is 24.8 Å². The maximum Gasteiger partial charge on any atom is 0.410 e. The van der Waals surface area contributed by atoms with Gasteiger partial charge in [0.2, 0.25) is 0 Å². The smallest absolute Gasteiger partial charge is 0.410 e. The number of carbonyl (C=O) groups is 1. The van der Waals surface area contributed by atoms with Crippen molar-refractivity contribution >= 4 is 16.2 Å². The van der Waals surface area contributed by atoms with Crippen molar-refractivity contribution in [3.63, 3.8) is 0 Å². The standard InChI is InChI=1S/C25H31NO5S/c1-25(2,3)30-24(27)26-16-20(31-32(28,29)17-18-9-5-4-6-10-18)15-23(26)22-12-8-7-11-21(22)19-13-14-19/h4-12,19-20,23H,13-17H2,1-3H3. The molecule has 2 aromatic carbocycles. The number of hydrogen-bond acceptors (Lipinski definition) is 5. The summed E-state index contributed by atoms with van der Waals surface area (Å²) in [6.07, 6.45) is 1.63. The molecule has 1 aliphatic carbocycles. The van der Waals surface area contributed by atoms with E-state index in [1.165, 1.54) is 5.56 Å². The van der Waals surface area contributed by atoms with Gasteiger partial charge in [0, 0.05) is 6.42 Å². The maximum atomic E-state index is 13.0. The van der Waals surface area contributed by atoms with Crippen LogP contribution in [0.3, 0.4) is 0 Å². The largest absolute Gasteiger partial charge is 0.444 e. The second-order valence-corrected chi connectivity index (χ2v) is 11.3. The summed E-state index contributed by atoms with van der Waals surface area (Å²) >= 11 is 0. The third kappa shape index (κ3) is 5.70. The zero-order valence-corrected chi connectivity index (χ0v) is 19.7. The number of amides is 1. The van der Waals surface area contributed by atoms with Crippen LogP contribution in [-0.4, -0.2) is 37.7 Å². The molecule has 172 valence electrons. The molecule has 2 aliphatic rings. The summed E-state index contributed by atoms with van der Waals surface area (Å²) in [5.74, 6) is 0.314. The Balaban J connectivity index is 1.56. The Morgan fingerprint density at radius 1 is 1.00 bits per heavy atom. The number of rotatable bonds is 6. The first-order valence-corrected chi connectivity index (χ1v) is 12.7. The molecule has 0 bridgehead atoms. The summed E-state index contributed by atoms with van der Waals surface area (Å²) in [7, 11) is -3.80. The monoisotopic (exact) mass is 457 g/mol. The summed E-state index contributed by atoms with van der Waals surface area (Å²) in [6.45, 7) is 5.65. The molecule has 1 saturated heterocycles. The predicted octanol–water partition coefficient (Wildman–Crippen LogP) is 5.16. The first-order valence-electron chi connectivity index (χ1n) is 11.1. The molecule has 0 aromatic heterocycles. The zero-order valence-electron chi connectivity index (χ0n) is 18.9. The van der Waals surface area contributed by atoms with E-state index in [1.54, 1.807) is 29.2 Å². The van der Waals surface area contributed by atoms with E-state index in [0.717, 1.165) is 18.4 Å². The molecule has 1 heterocycles. The molecule has 1 aliphatic heterocycles. The highest BCUT2D eigenvalue weighted by Crippen LogP contribution is 2.46. The first kappa shape index (κ1) is 22.8. The van der Waals surface area contributed by atoms with E-state index in [-0.39, 0.29) is 18.3 Å². The molecule has 7 heteroatoms. The molecule has 0 spiro atoms. The zero-order chi connectivity index (χ0) is 22.9. The van der Waals surface area contributed by atoms with Gasteiger partial charge in [-0.15, -0.1) is 0 Å². The fourth-order valence-corrected chi connectivity index (χ4v) is 5.51. The number of carbonyl (C=O) groups excluding carboxylic acids is 1. The Labute approximate surface area is 190 Å². The van der Waals surface area contributed by atoms with Crippen molar-refractivity contribution < 1.29 is 22.1 Å². The van der Waals surface area contributed by atoms with E-state index < -0.39 is 27.9 Å².